The molecule has 23 heavy (non-hydrogen) atoms. The average Bonchev–Trinajstić information content (AvgIpc) is 2.59. The Morgan fingerprint density at radius 3 is 2.61 bits per heavy atom. The summed E-state index contributed by atoms with van der Waals surface area (Å²) < 4.78 is 11.8. The monoisotopic (exact) mass is 376 g/mol. The first-order valence-electron chi connectivity index (χ1n) is 6.88. The molecule has 118 valence electrons. The molecule has 7 heteroatoms. The smallest absolute Gasteiger partial charge is 0.283 e. The molecule has 1 atom stereocenters. The Morgan fingerprint density at radius 2 is 1.83 bits per heavy atom. The zero-order chi connectivity index (χ0) is 16.2. The lowest BCUT2D eigenvalue weighted by atomic mass is 10.2. The molecule has 0 spiro atoms. The highest BCUT2D eigenvalue weighted by molar-refractivity contribution is 9.10. The molecule has 1 heterocycles. The molecule has 0 bridgehead atoms. The van der Waals surface area contributed by atoms with Crippen LogP contribution in [0.3, 0.4) is 0 Å². The molecule has 2 N–H and O–H groups in total. The minimum atomic E-state index is -0.826. The van der Waals surface area contributed by atoms with Crippen molar-refractivity contribution < 1.29 is 19.1 Å². The molecule has 6 nitrogen and oxygen atoms in total. The Morgan fingerprint density at radius 1 is 1.04 bits per heavy atom. The van der Waals surface area contributed by atoms with Crippen molar-refractivity contribution in [2.45, 2.75) is 6.10 Å². The Labute approximate surface area is 140 Å². The summed E-state index contributed by atoms with van der Waals surface area (Å²) in [5.74, 6) is 0.187. The lowest BCUT2D eigenvalue weighted by Crippen LogP contribution is -2.50. The van der Waals surface area contributed by atoms with E-state index in [0.29, 0.717) is 17.1 Å². The van der Waals surface area contributed by atoms with Crippen LogP contribution in [-0.4, -0.2) is 24.5 Å². The molecule has 0 aromatic heterocycles. The number of hydrogen-bond acceptors (Lipinski definition) is 4. The number of benzene rings is 2. The van der Waals surface area contributed by atoms with Crippen molar-refractivity contribution in [2.75, 3.05) is 6.61 Å². The van der Waals surface area contributed by atoms with Gasteiger partial charge in [0.15, 0.2) is 11.5 Å². The number of hydrazine groups is 1. The van der Waals surface area contributed by atoms with E-state index in [1.807, 2.05) is 6.07 Å². The third-order valence-corrected chi connectivity index (χ3v) is 3.68. The van der Waals surface area contributed by atoms with Crippen LogP contribution in [0.15, 0.2) is 53.0 Å². The van der Waals surface area contributed by atoms with Gasteiger partial charge in [0.1, 0.15) is 6.61 Å². The lowest BCUT2D eigenvalue weighted by molar-refractivity contribution is -0.131. The van der Waals surface area contributed by atoms with Crippen molar-refractivity contribution in [1.29, 1.82) is 0 Å². The van der Waals surface area contributed by atoms with Crippen LogP contribution >= 0.6 is 15.9 Å². The van der Waals surface area contributed by atoms with Gasteiger partial charge in [-0.15, -0.1) is 0 Å². The molecule has 0 saturated carbocycles. The van der Waals surface area contributed by atoms with Gasteiger partial charge in [0, 0.05) is 10.0 Å². The van der Waals surface area contributed by atoms with E-state index >= 15 is 0 Å². The third kappa shape index (κ3) is 3.62. The Bertz CT molecular complexity index is 750. The molecule has 0 unspecified atom stereocenters. The zero-order valence-corrected chi connectivity index (χ0v) is 13.5. The molecule has 2 amide bonds. The Kier molecular flexibility index (Phi) is 4.47. The fraction of sp³-hybridized carbons (Fsp3) is 0.125. The van der Waals surface area contributed by atoms with Crippen LogP contribution in [0.5, 0.6) is 11.5 Å². The molecular weight excluding hydrogens is 364 g/mol. The van der Waals surface area contributed by atoms with Gasteiger partial charge in [-0.2, -0.15) is 0 Å². The van der Waals surface area contributed by atoms with Crippen molar-refractivity contribution in [3.63, 3.8) is 0 Å². The predicted octanol–water partition coefficient (Wildman–Crippen LogP) is 2.05. The topological polar surface area (TPSA) is 76.7 Å². The average molecular weight is 377 g/mol. The largest absolute Gasteiger partial charge is 0.485 e. The van der Waals surface area contributed by atoms with Gasteiger partial charge in [-0.05, 0) is 30.3 Å². The van der Waals surface area contributed by atoms with Gasteiger partial charge in [0.25, 0.3) is 11.8 Å². The second-order valence-electron chi connectivity index (χ2n) is 4.82. The molecule has 1 aliphatic rings. The van der Waals surface area contributed by atoms with Gasteiger partial charge in [0.2, 0.25) is 6.10 Å². The Hall–Kier alpha value is -2.54. The summed E-state index contributed by atoms with van der Waals surface area (Å²) in [4.78, 5) is 24.0. The number of para-hydroxylation sites is 2. The number of halogens is 1. The molecule has 0 aliphatic carbocycles. The van der Waals surface area contributed by atoms with Crippen molar-refractivity contribution in [1.82, 2.24) is 10.9 Å². The van der Waals surface area contributed by atoms with Crippen LogP contribution in [0.1, 0.15) is 10.4 Å². The minimum absolute atomic E-state index is 0.0790. The van der Waals surface area contributed by atoms with Crippen molar-refractivity contribution >= 4 is 27.7 Å². The van der Waals surface area contributed by atoms with Crippen molar-refractivity contribution in [2.24, 2.45) is 0 Å². The van der Waals surface area contributed by atoms with E-state index in [1.165, 1.54) is 0 Å². The summed E-state index contributed by atoms with van der Waals surface area (Å²) in [7, 11) is 0. The first-order chi connectivity index (χ1) is 11.1. The number of hydrogen-bond donors (Lipinski definition) is 2. The summed E-state index contributed by atoms with van der Waals surface area (Å²) >= 11 is 3.28. The molecule has 0 radical (unpaired) electrons. The molecule has 1 aliphatic heterocycles. The van der Waals surface area contributed by atoms with E-state index in [-0.39, 0.29) is 6.61 Å². The minimum Gasteiger partial charge on any atom is -0.485 e. The zero-order valence-electron chi connectivity index (χ0n) is 11.9. The molecule has 0 fully saturated rings. The van der Waals surface area contributed by atoms with Crippen LogP contribution in [0.2, 0.25) is 0 Å². The van der Waals surface area contributed by atoms with Crippen molar-refractivity contribution in [3.05, 3.63) is 58.6 Å². The molecular formula is C16H13BrN2O4. The van der Waals surface area contributed by atoms with Crippen LogP contribution < -0.4 is 20.3 Å². The number of nitrogens with one attached hydrogen (secondary N) is 2. The van der Waals surface area contributed by atoms with Gasteiger partial charge in [-0.25, -0.2) is 0 Å². The number of rotatable bonds is 2. The predicted molar refractivity (Wildman–Crippen MR) is 86.1 cm³/mol. The number of carbonyl (C=O) groups is 2. The standard InChI is InChI=1S/C16H13BrN2O4/c17-11-5-3-4-10(8-11)15(20)18-19-16(21)14-9-22-12-6-1-2-7-13(12)23-14/h1-8,14H,9H2,(H,18,20)(H,19,21)/t14-/m0/s1. The maximum atomic E-state index is 12.1. The van der Waals surface area contributed by atoms with Crippen LogP contribution in [0.25, 0.3) is 0 Å². The van der Waals surface area contributed by atoms with Gasteiger partial charge < -0.3 is 9.47 Å². The fourth-order valence-electron chi connectivity index (χ4n) is 2.05. The first-order valence-corrected chi connectivity index (χ1v) is 7.67. The van der Waals surface area contributed by atoms with E-state index in [2.05, 4.69) is 26.8 Å². The van der Waals surface area contributed by atoms with E-state index in [4.69, 9.17) is 9.47 Å². The maximum absolute atomic E-state index is 12.1. The first kappa shape index (κ1) is 15.4. The van der Waals surface area contributed by atoms with E-state index in [9.17, 15) is 9.59 Å². The van der Waals surface area contributed by atoms with Crippen molar-refractivity contribution in [3.8, 4) is 11.5 Å². The second-order valence-corrected chi connectivity index (χ2v) is 5.73. The van der Waals surface area contributed by atoms with E-state index < -0.39 is 17.9 Å². The van der Waals surface area contributed by atoms with Crippen LogP contribution in [0, 0.1) is 0 Å². The highest BCUT2D eigenvalue weighted by Crippen LogP contribution is 2.30. The van der Waals surface area contributed by atoms with Gasteiger partial charge in [-0.3, -0.25) is 20.4 Å². The number of carbonyl (C=O) groups excluding carboxylic acids is 2. The molecule has 2 aromatic rings. The normalized spacial score (nSPS) is 15.6. The molecule has 3 rings (SSSR count). The SMILES string of the molecule is O=C(NNC(=O)[C@@H]1COc2ccccc2O1)c1cccc(Br)c1. The van der Waals surface area contributed by atoms with Gasteiger partial charge in [0.05, 0.1) is 0 Å². The van der Waals surface area contributed by atoms with E-state index in [1.54, 1.807) is 42.5 Å². The lowest BCUT2D eigenvalue weighted by Gasteiger charge is -2.25. The third-order valence-electron chi connectivity index (χ3n) is 3.19. The number of ether oxygens (including phenoxy) is 2. The van der Waals surface area contributed by atoms with E-state index in [0.717, 1.165) is 4.47 Å². The van der Waals surface area contributed by atoms with Gasteiger partial charge in [-0.1, -0.05) is 34.1 Å². The Balaban J connectivity index is 1.57. The summed E-state index contributed by atoms with van der Waals surface area (Å²) in [5.41, 5.74) is 5.12. The highest BCUT2D eigenvalue weighted by Gasteiger charge is 2.27. The highest BCUT2D eigenvalue weighted by atomic mass is 79.9. The second kappa shape index (κ2) is 6.70. The fourth-order valence-corrected chi connectivity index (χ4v) is 2.45. The van der Waals surface area contributed by atoms with Gasteiger partial charge >= 0.3 is 0 Å². The maximum Gasteiger partial charge on any atom is 0.283 e. The van der Waals surface area contributed by atoms with Crippen LogP contribution in [-0.2, 0) is 4.79 Å². The summed E-state index contributed by atoms with van der Waals surface area (Å²) in [5, 5.41) is 0. The number of fused-ring (bicyclic) bond motifs is 1. The summed E-state index contributed by atoms with van der Waals surface area (Å²) in [6.45, 7) is 0.0790. The van der Waals surface area contributed by atoms with Crippen LogP contribution in [0.4, 0.5) is 0 Å². The molecule has 2 aromatic carbocycles. The quantitative estimate of drug-likeness (QED) is 0.786. The number of amides is 2. The molecule has 0 saturated heterocycles. The summed E-state index contributed by atoms with van der Waals surface area (Å²) in [6.07, 6.45) is -0.826. The summed E-state index contributed by atoms with van der Waals surface area (Å²) in [6, 6.07) is 13.9.